The van der Waals surface area contributed by atoms with Crippen LogP contribution < -0.4 is 10.7 Å². The number of benzene rings is 1. The first-order chi connectivity index (χ1) is 13.4. The van der Waals surface area contributed by atoms with Crippen molar-refractivity contribution in [1.29, 1.82) is 0 Å². The van der Waals surface area contributed by atoms with E-state index in [0.29, 0.717) is 44.8 Å². The molecule has 7 nitrogen and oxygen atoms in total. The molecule has 1 aliphatic heterocycles. The van der Waals surface area contributed by atoms with E-state index >= 15 is 0 Å². The van der Waals surface area contributed by atoms with Crippen molar-refractivity contribution in [3.8, 4) is 11.5 Å². The fraction of sp³-hybridized carbons (Fsp3) is 0.429. The van der Waals surface area contributed by atoms with E-state index in [-0.39, 0.29) is 23.8 Å². The summed E-state index contributed by atoms with van der Waals surface area (Å²) in [6, 6.07) is 8.07. The fourth-order valence-corrected chi connectivity index (χ4v) is 3.59. The summed E-state index contributed by atoms with van der Waals surface area (Å²) in [5.41, 5.74) is -0.269. The molecule has 0 saturated carbocycles. The quantitative estimate of drug-likeness (QED) is 0.701. The molecule has 150 valence electrons. The van der Waals surface area contributed by atoms with Gasteiger partial charge in [0.15, 0.2) is 5.76 Å². The third kappa shape index (κ3) is 4.54. The molecule has 2 heterocycles. The largest absolute Gasteiger partial charge is 0.508 e. The first-order valence-corrected chi connectivity index (χ1v) is 9.36. The van der Waals surface area contributed by atoms with Gasteiger partial charge < -0.3 is 24.7 Å². The Hall–Kier alpha value is -2.80. The number of nitrogens with one attached hydrogen (secondary N) is 1. The summed E-state index contributed by atoms with van der Waals surface area (Å²) >= 11 is 0. The molecule has 1 aliphatic rings. The maximum Gasteiger partial charge on any atom is 0.227 e. The lowest BCUT2D eigenvalue weighted by Crippen LogP contribution is -2.40. The molecule has 1 amide bonds. The summed E-state index contributed by atoms with van der Waals surface area (Å²) in [5, 5.41) is 22.5. The maximum absolute atomic E-state index is 12.6. The molecule has 0 radical (unpaired) electrons. The fourth-order valence-electron chi connectivity index (χ4n) is 3.59. The van der Waals surface area contributed by atoms with Crippen molar-refractivity contribution in [3.05, 3.63) is 57.6 Å². The van der Waals surface area contributed by atoms with Gasteiger partial charge in [0, 0.05) is 37.7 Å². The zero-order valence-corrected chi connectivity index (χ0v) is 15.9. The molecule has 1 fully saturated rings. The van der Waals surface area contributed by atoms with E-state index in [1.807, 2.05) is 0 Å². The summed E-state index contributed by atoms with van der Waals surface area (Å²) in [5.74, 6) is 0.174. The molecule has 0 aliphatic carbocycles. The van der Waals surface area contributed by atoms with E-state index in [0.717, 1.165) is 5.56 Å². The van der Waals surface area contributed by atoms with Gasteiger partial charge in [0.05, 0.1) is 0 Å². The van der Waals surface area contributed by atoms with E-state index < -0.39 is 16.6 Å². The third-order valence-electron chi connectivity index (χ3n) is 5.15. The Bertz CT molecular complexity index is 881. The second-order valence-electron chi connectivity index (χ2n) is 7.23. The molecular weight excluding hydrogens is 362 g/mol. The van der Waals surface area contributed by atoms with E-state index in [1.165, 1.54) is 6.07 Å². The highest BCUT2D eigenvalue weighted by molar-refractivity contribution is 5.77. The van der Waals surface area contributed by atoms with Gasteiger partial charge in [-0.15, -0.1) is 0 Å². The van der Waals surface area contributed by atoms with Gasteiger partial charge >= 0.3 is 0 Å². The van der Waals surface area contributed by atoms with Crippen LogP contribution >= 0.6 is 0 Å². The van der Waals surface area contributed by atoms with Crippen LogP contribution in [-0.2, 0) is 21.4 Å². The second-order valence-corrected chi connectivity index (χ2v) is 7.23. The van der Waals surface area contributed by atoms with Crippen LogP contribution in [0.3, 0.4) is 0 Å². The summed E-state index contributed by atoms with van der Waals surface area (Å²) in [6.07, 6.45) is 1.70. The van der Waals surface area contributed by atoms with Crippen molar-refractivity contribution in [2.45, 2.75) is 38.0 Å². The maximum atomic E-state index is 12.6. The average molecular weight is 387 g/mol. The Balaban J connectivity index is 1.71. The highest BCUT2D eigenvalue weighted by atomic mass is 16.5. The minimum atomic E-state index is -0.768. The van der Waals surface area contributed by atoms with Crippen LogP contribution in [0.2, 0.25) is 0 Å². The standard InChI is InChI=1S/C21H25NO6/c1-14-12-17(24)19(26)20(28-14)21(7-10-27-11-8-21)13-18(25)22-9-6-15-2-4-16(23)5-3-15/h2-5,12,23,26H,6-11,13H2,1H3,(H,22,25). The van der Waals surface area contributed by atoms with Gasteiger partial charge in [0.25, 0.3) is 0 Å². The highest BCUT2D eigenvalue weighted by Gasteiger charge is 2.41. The van der Waals surface area contributed by atoms with Gasteiger partial charge in [-0.25, -0.2) is 0 Å². The van der Waals surface area contributed by atoms with Crippen molar-refractivity contribution in [1.82, 2.24) is 5.32 Å². The summed E-state index contributed by atoms with van der Waals surface area (Å²) in [7, 11) is 0. The lowest BCUT2D eigenvalue weighted by Gasteiger charge is -2.35. The zero-order valence-electron chi connectivity index (χ0n) is 15.9. The predicted octanol–water partition coefficient (Wildman–Crippen LogP) is 2.16. The number of hydrogen-bond donors (Lipinski definition) is 3. The van der Waals surface area contributed by atoms with Crippen LogP contribution in [0.25, 0.3) is 0 Å². The average Bonchev–Trinajstić information content (AvgIpc) is 2.67. The normalized spacial score (nSPS) is 15.9. The van der Waals surface area contributed by atoms with Crippen LogP contribution in [0.5, 0.6) is 11.5 Å². The van der Waals surface area contributed by atoms with Crippen LogP contribution in [0.4, 0.5) is 0 Å². The monoisotopic (exact) mass is 387 g/mol. The van der Waals surface area contributed by atoms with Crippen molar-refractivity contribution >= 4 is 5.91 Å². The number of phenolic OH excluding ortho intramolecular Hbond substituents is 1. The number of aromatic hydroxyl groups is 2. The molecule has 0 spiro atoms. The zero-order chi connectivity index (χ0) is 20.1. The number of carbonyl (C=O) groups excluding carboxylic acids is 1. The van der Waals surface area contributed by atoms with Gasteiger partial charge in [-0.1, -0.05) is 12.1 Å². The smallest absolute Gasteiger partial charge is 0.227 e. The molecule has 0 bridgehead atoms. The number of phenols is 1. The lowest BCUT2D eigenvalue weighted by molar-refractivity contribution is -0.123. The molecule has 1 aromatic heterocycles. The lowest BCUT2D eigenvalue weighted by atomic mass is 9.74. The van der Waals surface area contributed by atoms with Gasteiger partial charge in [-0.2, -0.15) is 0 Å². The Kier molecular flexibility index (Phi) is 6.04. The van der Waals surface area contributed by atoms with Gasteiger partial charge in [-0.3, -0.25) is 9.59 Å². The molecule has 2 aromatic rings. The van der Waals surface area contributed by atoms with Crippen LogP contribution in [0, 0.1) is 6.92 Å². The second kappa shape index (κ2) is 8.48. The summed E-state index contributed by atoms with van der Waals surface area (Å²) in [4.78, 5) is 24.6. The van der Waals surface area contributed by atoms with E-state index in [9.17, 15) is 19.8 Å². The van der Waals surface area contributed by atoms with Crippen molar-refractivity contribution in [2.75, 3.05) is 19.8 Å². The number of carbonyl (C=O) groups is 1. The Labute approximate surface area is 163 Å². The molecule has 1 aromatic carbocycles. The summed E-state index contributed by atoms with van der Waals surface area (Å²) in [6.45, 7) is 2.95. The summed E-state index contributed by atoms with van der Waals surface area (Å²) < 4.78 is 11.1. The van der Waals surface area contributed by atoms with Crippen LogP contribution in [0.15, 0.2) is 39.5 Å². The van der Waals surface area contributed by atoms with Gasteiger partial charge in [0.1, 0.15) is 11.5 Å². The van der Waals surface area contributed by atoms with Crippen molar-refractivity contribution < 1.29 is 24.2 Å². The number of ether oxygens (including phenoxy) is 1. The molecule has 28 heavy (non-hydrogen) atoms. The minimum Gasteiger partial charge on any atom is -0.508 e. The topological polar surface area (TPSA) is 109 Å². The number of aryl methyl sites for hydroxylation is 1. The highest BCUT2D eigenvalue weighted by Crippen LogP contribution is 2.41. The van der Waals surface area contributed by atoms with E-state index in [4.69, 9.17) is 9.15 Å². The molecule has 0 atom stereocenters. The first-order valence-electron chi connectivity index (χ1n) is 9.36. The van der Waals surface area contributed by atoms with E-state index in [1.54, 1.807) is 31.2 Å². The Morgan fingerprint density at radius 2 is 1.86 bits per heavy atom. The van der Waals surface area contributed by atoms with E-state index in [2.05, 4.69) is 5.32 Å². The molecule has 1 saturated heterocycles. The van der Waals surface area contributed by atoms with Gasteiger partial charge in [0.2, 0.25) is 17.1 Å². The Morgan fingerprint density at radius 3 is 2.54 bits per heavy atom. The predicted molar refractivity (Wildman–Crippen MR) is 103 cm³/mol. The first kappa shape index (κ1) is 19.9. The van der Waals surface area contributed by atoms with Crippen molar-refractivity contribution in [2.24, 2.45) is 0 Å². The SMILES string of the molecule is Cc1cc(=O)c(O)c(C2(CC(=O)NCCc3ccc(O)cc3)CCOCC2)o1. The molecular formula is C21H25NO6. The van der Waals surface area contributed by atoms with Crippen LogP contribution in [0.1, 0.15) is 36.3 Å². The number of amides is 1. The minimum absolute atomic E-state index is 0.103. The molecule has 3 rings (SSSR count). The molecule has 7 heteroatoms. The van der Waals surface area contributed by atoms with Gasteiger partial charge in [-0.05, 0) is 43.9 Å². The molecule has 0 unspecified atom stereocenters. The van der Waals surface area contributed by atoms with Crippen molar-refractivity contribution in [3.63, 3.8) is 0 Å². The Morgan fingerprint density at radius 1 is 1.18 bits per heavy atom. The third-order valence-corrected chi connectivity index (χ3v) is 5.15. The number of hydrogen-bond acceptors (Lipinski definition) is 6. The van der Waals surface area contributed by atoms with Crippen LogP contribution in [-0.4, -0.2) is 35.9 Å². The number of rotatable bonds is 6. The molecule has 3 N–H and O–H groups in total.